The number of methoxy groups -OCH3 is 1. The lowest BCUT2D eigenvalue weighted by Crippen LogP contribution is -1.96. The van der Waals surface area contributed by atoms with E-state index in [9.17, 15) is 10.1 Å². The van der Waals surface area contributed by atoms with Gasteiger partial charge >= 0.3 is 0 Å². The summed E-state index contributed by atoms with van der Waals surface area (Å²) in [6.07, 6.45) is 0. The van der Waals surface area contributed by atoms with Crippen LogP contribution < -0.4 is 4.74 Å². The van der Waals surface area contributed by atoms with Crippen molar-refractivity contribution in [2.75, 3.05) is 7.11 Å². The summed E-state index contributed by atoms with van der Waals surface area (Å²) in [7, 11) is 1.60. The molecular weight excluding hydrogens is 256 g/mol. The number of hydrogen-bond acceptors (Lipinski definition) is 4. The molecule has 2 aromatic rings. The van der Waals surface area contributed by atoms with Crippen LogP contribution in [0.15, 0.2) is 53.5 Å². The van der Waals surface area contributed by atoms with Gasteiger partial charge < -0.3 is 4.74 Å². The molecule has 0 heterocycles. The molecule has 0 spiro atoms. The molecule has 0 fully saturated rings. The van der Waals surface area contributed by atoms with E-state index in [0.29, 0.717) is 0 Å². The second-order valence-corrected chi connectivity index (χ2v) is 4.20. The van der Waals surface area contributed by atoms with Gasteiger partial charge in [-0.05, 0) is 31.2 Å². The van der Waals surface area contributed by atoms with E-state index in [0.717, 1.165) is 22.7 Å². The van der Waals surface area contributed by atoms with Crippen LogP contribution in [0, 0.1) is 10.1 Å². The number of aliphatic imine (C=N–C) groups is 1. The minimum Gasteiger partial charge on any atom is -0.497 e. The molecule has 0 saturated heterocycles. The number of hydrogen-bond donors (Lipinski definition) is 0. The normalized spacial score (nSPS) is 11.2. The average molecular weight is 270 g/mol. The summed E-state index contributed by atoms with van der Waals surface area (Å²) in [5.41, 5.74) is 2.29. The van der Waals surface area contributed by atoms with Crippen LogP contribution in [0.1, 0.15) is 12.5 Å². The lowest BCUT2D eigenvalue weighted by Gasteiger charge is -2.03. The Morgan fingerprint density at radius 2 is 1.90 bits per heavy atom. The van der Waals surface area contributed by atoms with E-state index in [-0.39, 0.29) is 5.69 Å². The highest BCUT2D eigenvalue weighted by molar-refractivity contribution is 6.00. The van der Waals surface area contributed by atoms with Crippen molar-refractivity contribution in [3.8, 4) is 5.75 Å². The lowest BCUT2D eigenvalue weighted by atomic mass is 10.1. The zero-order valence-corrected chi connectivity index (χ0v) is 11.2. The number of non-ortho nitro benzene ring substituents is 1. The number of ether oxygens (including phenoxy) is 1. The van der Waals surface area contributed by atoms with Gasteiger partial charge in [0.25, 0.3) is 5.69 Å². The van der Waals surface area contributed by atoms with Crippen molar-refractivity contribution in [2.24, 2.45) is 4.99 Å². The Kier molecular flexibility index (Phi) is 4.10. The van der Waals surface area contributed by atoms with E-state index in [2.05, 4.69) is 4.99 Å². The van der Waals surface area contributed by atoms with Crippen LogP contribution in [0.2, 0.25) is 0 Å². The van der Waals surface area contributed by atoms with Crippen molar-refractivity contribution in [1.82, 2.24) is 0 Å². The second-order valence-electron chi connectivity index (χ2n) is 4.20. The molecule has 0 aliphatic heterocycles. The van der Waals surface area contributed by atoms with Gasteiger partial charge in [-0.15, -0.1) is 0 Å². The zero-order valence-electron chi connectivity index (χ0n) is 11.2. The molecule has 2 aromatic carbocycles. The number of benzene rings is 2. The van der Waals surface area contributed by atoms with Crippen LogP contribution in [0.25, 0.3) is 0 Å². The molecule has 102 valence electrons. The third kappa shape index (κ3) is 3.20. The molecule has 5 nitrogen and oxygen atoms in total. The lowest BCUT2D eigenvalue weighted by molar-refractivity contribution is -0.384. The van der Waals surface area contributed by atoms with Crippen LogP contribution in [0.3, 0.4) is 0 Å². The molecule has 0 aliphatic rings. The van der Waals surface area contributed by atoms with E-state index >= 15 is 0 Å². The molecule has 0 atom stereocenters. The summed E-state index contributed by atoms with van der Waals surface area (Å²) in [6.45, 7) is 1.82. The minimum atomic E-state index is -0.413. The Morgan fingerprint density at radius 1 is 1.20 bits per heavy atom. The molecule has 0 radical (unpaired) electrons. The predicted octanol–water partition coefficient (Wildman–Crippen LogP) is 3.74. The van der Waals surface area contributed by atoms with E-state index < -0.39 is 4.92 Å². The first-order valence-corrected chi connectivity index (χ1v) is 6.04. The highest BCUT2D eigenvalue weighted by atomic mass is 16.6. The summed E-state index contributed by atoms with van der Waals surface area (Å²) in [5.74, 6) is 0.761. The minimum absolute atomic E-state index is 0.0618. The van der Waals surface area contributed by atoms with Gasteiger partial charge in [0.05, 0.1) is 17.7 Å². The third-order valence-electron chi connectivity index (χ3n) is 2.84. The third-order valence-corrected chi connectivity index (χ3v) is 2.84. The quantitative estimate of drug-likeness (QED) is 0.483. The first-order chi connectivity index (χ1) is 9.60. The Hall–Kier alpha value is -2.69. The largest absolute Gasteiger partial charge is 0.497 e. The number of nitrogens with zero attached hydrogens (tertiary/aromatic N) is 2. The van der Waals surface area contributed by atoms with Gasteiger partial charge in [-0.25, -0.2) is 0 Å². The maximum absolute atomic E-state index is 10.8. The zero-order chi connectivity index (χ0) is 14.5. The molecule has 0 aliphatic carbocycles. The van der Waals surface area contributed by atoms with E-state index in [1.165, 1.54) is 12.1 Å². The molecule has 5 heteroatoms. The molecule has 20 heavy (non-hydrogen) atoms. The van der Waals surface area contributed by atoms with E-state index in [1.807, 2.05) is 31.2 Å². The maximum atomic E-state index is 10.8. The van der Waals surface area contributed by atoms with Gasteiger partial charge in [0, 0.05) is 23.4 Å². The molecule has 0 aromatic heterocycles. The SMILES string of the molecule is COc1ccc(N=C(C)c2cccc([N+](=O)[O-])c2)cc1. The molecule has 0 bridgehead atoms. The smallest absolute Gasteiger partial charge is 0.270 e. The van der Waals surface area contributed by atoms with Crippen LogP contribution in [-0.2, 0) is 0 Å². The number of nitro benzene ring substituents is 1. The van der Waals surface area contributed by atoms with Gasteiger partial charge in [-0.1, -0.05) is 12.1 Å². The summed E-state index contributed by atoms with van der Waals surface area (Å²) in [4.78, 5) is 14.8. The topological polar surface area (TPSA) is 64.7 Å². The molecular formula is C15H14N2O3. The van der Waals surface area contributed by atoms with Gasteiger partial charge in [0.1, 0.15) is 5.75 Å². The fraction of sp³-hybridized carbons (Fsp3) is 0.133. The van der Waals surface area contributed by atoms with Gasteiger partial charge in [0.15, 0.2) is 0 Å². The fourth-order valence-electron chi connectivity index (χ4n) is 1.76. The summed E-state index contributed by atoms with van der Waals surface area (Å²) in [6, 6.07) is 13.7. The van der Waals surface area contributed by atoms with Crippen molar-refractivity contribution < 1.29 is 9.66 Å². The van der Waals surface area contributed by atoms with Gasteiger partial charge in [0.2, 0.25) is 0 Å². The standard InChI is InChI=1S/C15H14N2O3/c1-11(12-4-3-5-14(10-12)17(18)19)16-13-6-8-15(20-2)9-7-13/h3-10H,1-2H3. The molecule has 0 saturated carbocycles. The Balaban J connectivity index is 2.29. The first-order valence-electron chi connectivity index (χ1n) is 6.04. The maximum Gasteiger partial charge on any atom is 0.270 e. The fourth-order valence-corrected chi connectivity index (χ4v) is 1.76. The Bertz CT molecular complexity index is 648. The van der Waals surface area contributed by atoms with Crippen molar-refractivity contribution >= 4 is 17.1 Å². The summed E-state index contributed by atoms with van der Waals surface area (Å²) < 4.78 is 5.08. The van der Waals surface area contributed by atoms with Gasteiger partial charge in [-0.2, -0.15) is 0 Å². The van der Waals surface area contributed by atoms with Crippen LogP contribution in [0.5, 0.6) is 5.75 Å². The number of rotatable bonds is 4. The van der Waals surface area contributed by atoms with Crippen LogP contribution in [-0.4, -0.2) is 17.7 Å². The van der Waals surface area contributed by atoms with Crippen LogP contribution >= 0.6 is 0 Å². The average Bonchev–Trinajstić information content (AvgIpc) is 2.48. The highest BCUT2D eigenvalue weighted by Gasteiger charge is 2.07. The van der Waals surface area contributed by atoms with E-state index in [4.69, 9.17) is 4.74 Å². The molecule has 0 amide bonds. The Morgan fingerprint density at radius 3 is 2.50 bits per heavy atom. The van der Waals surface area contributed by atoms with E-state index in [1.54, 1.807) is 19.2 Å². The van der Waals surface area contributed by atoms with Crippen molar-refractivity contribution in [3.05, 3.63) is 64.2 Å². The monoisotopic (exact) mass is 270 g/mol. The summed E-state index contributed by atoms with van der Waals surface area (Å²) >= 11 is 0. The number of nitro groups is 1. The van der Waals surface area contributed by atoms with Crippen molar-refractivity contribution in [3.63, 3.8) is 0 Å². The van der Waals surface area contributed by atoms with Crippen LogP contribution in [0.4, 0.5) is 11.4 Å². The first kappa shape index (κ1) is 13.7. The second kappa shape index (κ2) is 5.97. The highest BCUT2D eigenvalue weighted by Crippen LogP contribution is 2.20. The predicted molar refractivity (Wildman–Crippen MR) is 78.0 cm³/mol. The molecule has 0 N–H and O–H groups in total. The van der Waals surface area contributed by atoms with Crippen molar-refractivity contribution in [1.29, 1.82) is 0 Å². The molecule has 2 rings (SSSR count). The molecule has 0 unspecified atom stereocenters. The Labute approximate surface area is 116 Å². The van der Waals surface area contributed by atoms with Crippen molar-refractivity contribution in [2.45, 2.75) is 6.92 Å². The summed E-state index contributed by atoms with van der Waals surface area (Å²) in [5, 5.41) is 10.8. The van der Waals surface area contributed by atoms with Gasteiger partial charge in [-0.3, -0.25) is 15.1 Å².